The van der Waals surface area contributed by atoms with Crippen molar-refractivity contribution in [2.75, 3.05) is 13.2 Å². The number of halogens is 6. The highest BCUT2D eigenvalue weighted by Crippen LogP contribution is 2.39. The lowest BCUT2D eigenvalue weighted by atomic mass is 9.97. The number of benzene rings is 2. The minimum atomic E-state index is -5.24. The summed E-state index contributed by atoms with van der Waals surface area (Å²) in [6.07, 6.45) is 0.416. The van der Waals surface area contributed by atoms with E-state index < -0.39 is 95.1 Å². The maximum Gasteiger partial charge on any atom is 0.417 e. The molecule has 64 heavy (non-hydrogen) atoms. The number of carbonyl (C=O) groups is 6. The van der Waals surface area contributed by atoms with Crippen molar-refractivity contribution >= 4 is 35.4 Å². The van der Waals surface area contributed by atoms with Crippen LogP contribution in [0.4, 0.5) is 26.3 Å². The first-order valence-electron chi connectivity index (χ1n) is 22.3. The van der Waals surface area contributed by atoms with E-state index >= 15 is 0 Å². The van der Waals surface area contributed by atoms with Gasteiger partial charge >= 0.3 is 24.3 Å². The number of rotatable bonds is 29. The van der Waals surface area contributed by atoms with Gasteiger partial charge in [-0.15, -0.1) is 0 Å². The van der Waals surface area contributed by atoms with Crippen LogP contribution in [0.15, 0.2) is 48.5 Å². The highest BCUT2D eigenvalue weighted by Gasteiger charge is 2.43. The molecule has 0 bridgehead atoms. The molecule has 0 radical (unpaired) electrons. The minimum absolute atomic E-state index is 0.204. The lowest BCUT2D eigenvalue weighted by Gasteiger charge is -2.32. The monoisotopic (exact) mass is 913 g/mol. The van der Waals surface area contributed by atoms with E-state index in [1.54, 1.807) is 44.2 Å². The number of hydrogen-bond acceptors (Lipinski definition) is 7. The van der Waals surface area contributed by atoms with Crippen molar-refractivity contribution in [1.29, 1.82) is 0 Å². The molecule has 358 valence electrons. The van der Waals surface area contributed by atoms with Crippen LogP contribution in [0, 0.1) is 11.8 Å². The van der Waals surface area contributed by atoms with Crippen LogP contribution >= 0.6 is 0 Å². The van der Waals surface area contributed by atoms with E-state index in [9.17, 15) is 60.2 Å². The summed E-state index contributed by atoms with van der Waals surface area (Å²) in [6, 6.07) is 6.72. The molecule has 0 saturated carbocycles. The zero-order chi connectivity index (χ0) is 48.0. The van der Waals surface area contributed by atoms with Gasteiger partial charge in [-0.05, 0) is 63.3 Å². The molecule has 2 aromatic rings. The topological polar surface area (TPSA) is 159 Å². The number of alkyl halides is 6. The first-order chi connectivity index (χ1) is 30.1. The number of hydrogen-bond donors (Lipinski definition) is 3. The number of unbranched alkanes of at least 4 members (excludes halogenated alkanes) is 11. The molecule has 3 N–H and O–H groups in total. The number of ether oxygens (including phenoxy) is 1. The number of nitrogens with one attached hydrogen (secondary N) is 2. The molecule has 0 aliphatic heterocycles. The van der Waals surface area contributed by atoms with Gasteiger partial charge in [0.25, 0.3) is 5.91 Å². The van der Waals surface area contributed by atoms with Crippen LogP contribution in [0.1, 0.15) is 163 Å². The number of nitrogens with zero attached hydrogens (tertiary/aromatic N) is 1. The summed E-state index contributed by atoms with van der Waals surface area (Å²) in [5.41, 5.74) is -4.78. The molecule has 0 fully saturated rings. The van der Waals surface area contributed by atoms with E-state index in [1.165, 1.54) is 18.7 Å². The number of carboxylic acids is 1. The van der Waals surface area contributed by atoms with Crippen LogP contribution in [-0.4, -0.2) is 76.7 Å². The van der Waals surface area contributed by atoms with Gasteiger partial charge in [0.1, 0.15) is 30.5 Å². The molecule has 0 spiro atoms. The second-order valence-electron chi connectivity index (χ2n) is 16.6. The summed E-state index contributed by atoms with van der Waals surface area (Å²) >= 11 is 0. The van der Waals surface area contributed by atoms with Gasteiger partial charge in [-0.3, -0.25) is 19.2 Å². The Bertz CT molecular complexity index is 1770. The summed E-state index contributed by atoms with van der Waals surface area (Å²) in [5.74, 6) is -5.97. The predicted octanol–water partition coefficient (Wildman–Crippen LogP) is 10.2. The van der Waals surface area contributed by atoms with Gasteiger partial charge in [-0.2, -0.15) is 26.3 Å². The number of aliphatic carboxylic acids is 1. The Morgan fingerprint density at radius 3 is 1.67 bits per heavy atom. The van der Waals surface area contributed by atoms with Gasteiger partial charge in [0.2, 0.25) is 11.8 Å². The molecule has 11 nitrogen and oxygen atoms in total. The average molecular weight is 914 g/mol. The Hall–Kier alpha value is -4.96. The fourth-order valence-corrected chi connectivity index (χ4v) is 7.35. The van der Waals surface area contributed by atoms with E-state index in [4.69, 9.17) is 4.74 Å². The number of carbonyl (C=O) groups excluding carboxylic acids is 5. The first kappa shape index (κ1) is 55.2. The Morgan fingerprint density at radius 2 is 1.20 bits per heavy atom. The molecule has 1 unspecified atom stereocenters. The van der Waals surface area contributed by atoms with E-state index in [0.717, 1.165) is 64.2 Å². The Balaban J connectivity index is 1.79. The van der Waals surface area contributed by atoms with Crippen LogP contribution in [0.5, 0.6) is 0 Å². The maximum atomic E-state index is 13.8. The second kappa shape index (κ2) is 27.4. The van der Waals surface area contributed by atoms with E-state index in [1.807, 2.05) is 6.92 Å². The first-order valence-corrected chi connectivity index (χ1v) is 22.3. The molecule has 17 heteroatoms. The molecular weight excluding hydrogens is 849 g/mol. The summed E-state index contributed by atoms with van der Waals surface area (Å²) in [5, 5.41) is 15.5. The van der Waals surface area contributed by atoms with E-state index in [0.29, 0.717) is 43.0 Å². The van der Waals surface area contributed by atoms with E-state index in [2.05, 4.69) is 10.6 Å². The normalized spacial score (nSPS) is 13.7. The van der Waals surface area contributed by atoms with Crippen LogP contribution in [0.2, 0.25) is 0 Å². The Labute approximate surface area is 372 Å². The minimum Gasteiger partial charge on any atom is -0.480 e. The molecule has 0 aromatic heterocycles. The van der Waals surface area contributed by atoms with Crippen molar-refractivity contribution in [2.24, 2.45) is 11.8 Å². The molecule has 0 aliphatic carbocycles. The molecule has 2 rings (SSSR count). The standard InChI is InChI=1S/C47H65F6N3O8/c1-6-7-28-38(44(61)62)56(43(60)32(4)54-42(59)40(31(2)3)55-41(58)34-23-19-17-20-24-34)29-21-16-14-12-10-8-9-11-13-15-18-25-35(33(5)57)30-64-45(63)39-36(46(48,49)50)26-22-27-37(39)47(51,52)53/h17,19-20,22-24,26-27,31-32,35,38,40H,6-16,18,21,25,28-30H2,1-5H3,(H,54,59)(H,55,58)(H,61,62)/t32-,35?,38-,40-/m0/s1. The molecule has 0 heterocycles. The fourth-order valence-electron chi connectivity index (χ4n) is 7.35. The van der Waals surface area contributed by atoms with Gasteiger partial charge in [0.05, 0.1) is 22.6 Å². The average Bonchev–Trinajstić information content (AvgIpc) is 3.23. The highest BCUT2D eigenvalue weighted by atomic mass is 19.4. The molecule has 0 aliphatic rings. The third-order valence-corrected chi connectivity index (χ3v) is 11.1. The summed E-state index contributed by atoms with van der Waals surface area (Å²) < 4.78 is 85.8. The van der Waals surface area contributed by atoms with Crippen LogP contribution < -0.4 is 10.6 Å². The molecule has 2 aromatic carbocycles. The zero-order valence-electron chi connectivity index (χ0n) is 37.5. The van der Waals surface area contributed by atoms with Crippen molar-refractivity contribution in [1.82, 2.24) is 15.5 Å². The lowest BCUT2D eigenvalue weighted by Crippen LogP contribution is -2.57. The van der Waals surface area contributed by atoms with Crippen molar-refractivity contribution < 1.29 is 65.0 Å². The molecule has 4 atom stereocenters. The molecular formula is C47H65F6N3O8. The third kappa shape index (κ3) is 18.6. The lowest BCUT2D eigenvalue weighted by molar-refractivity contribution is -0.151. The molecule has 0 saturated heterocycles. The SMILES string of the molecule is CCCC[C@@H](C(=O)O)N(CCCCCCCCCCCCCC(COC(=O)c1c(C(F)(F)F)cccc1C(F)(F)F)C(C)=O)C(=O)[C@H](C)NC(=O)[C@@H](NC(=O)c1ccccc1)C(C)C. The Kier molecular flexibility index (Phi) is 23.6. The van der Waals surface area contributed by atoms with Crippen molar-refractivity contribution in [3.05, 3.63) is 70.8 Å². The fraction of sp³-hybridized carbons (Fsp3) is 0.617. The van der Waals surface area contributed by atoms with Gasteiger partial charge in [0.15, 0.2) is 0 Å². The van der Waals surface area contributed by atoms with Gasteiger partial charge in [-0.25, -0.2) is 9.59 Å². The van der Waals surface area contributed by atoms with Crippen molar-refractivity contribution in [3.63, 3.8) is 0 Å². The molecule has 3 amide bonds. The quantitative estimate of drug-likeness (QED) is 0.0413. The van der Waals surface area contributed by atoms with Gasteiger partial charge < -0.3 is 25.4 Å². The van der Waals surface area contributed by atoms with E-state index in [-0.39, 0.29) is 25.3 Å². The number of amides is 3. The van der Waals surface area contributed by atoms with Crippen LogP contribution in [0.3, 0.4) is 0 Å². The van der Waals surface area contributed by atoms with Gasteiger partial charge in [0, 0.05) is 12.1 Å². The van der Waals surface area contributed by atoms with Gasteiger partial charge in [-0.1, -0.05) is 122 Å². The maximum absolute atomic E-state index is 13.8. The number of ketones is 1. The predicted molar refractivity (Wildman–Crippen MR) is 229 cm³/mol. The second-order valence-corrected chi connectivity index (χ2v) is 16.6. The van der Waals surface area contributed by atoms with Crippen LogP contribution in [-0.2, 0) is 36.3 Å². The van der Waals surface area contributed by atoms with Crippen LogP contribution in [0.25, 0.3) is 0 Å². The van der Waals surface area contributed by atoms with Crippen molar-refractivity contribution in [3.8, 4) is 0 Å². The highest BCUT2D eigenvalue weighted by molar-refractivity contribution is 5.98. The third-order valence-electron chi connectivity index (χ3n) is 11.1. The largest absolute Gasteiger partial charge is 0.480 e. The summed E-state index contributed by atoms with van der Waals surface area (Å²) in [4.78, 5) is 78.4. The smallest absolute Gasteiger partial charge is 0.417 e. The summed E-state index contributed by atoms with van der Waals surface area (Å²) in [6.45, 7) is 7.78. The Morgan fingerprint density at radius 1 is 0.688 bits per heavy atom. The number of Topliss-reactive ketones (excluding diaryl/α,β-unsaturated/α-hetero) is 1. The van der Waals surface area contributed by atoms with Crippen molar-refractivity contribution in [2.45, 2.75) is 161 Å². The summed E-state index contributed by atoms with van der Waals surface area (Å²) in [7, 11) is 0. The zero-order valence-corrected chi connectivity index (χ0v) is 37.5. The number of esters is 1. The number of carboxylic acid groups (broad SMARTS) is 1.